The van der Waals surface area contributed by atoms with Gasteiger partial charge in [-0.05, 0) is 35.1 Å². The molecule has 3 rings (SSSR count). The van der Waals surface area contributed by atoms with Crippen molar-refractivity contribution in [2.75, 3.05) is 5.33 Å². The second kappa shape index (κ2) is 7.55. The van der Waals surface area contributed by atoms with Crippen LogP contribution in [-0.4, -0.2) is 17.3 Å². The maximum Gasteiger partial charge on any atom is 0.389 e. The molecule has 0 bridgehead atoms. The Balaban J connectivity index is 2.09. The topological polar surface area (TPSA) is 17.1 Å². The molecule has 0 unspecified atom stereocenters. The number of alkyl halides is 4. The molecule has 1 aliphatic rings. The number of hydrogen-bond acceptors (Lipinski definition) is 1. The summed E-state index contributed by atoms with van der Waals surface area (Å²) in [6.45, 7) is 0. The Hall–Kier alpha value is -1.62. The minimum atomic E-state index is -4.33. The van der Waals surface area contributed by atoms with Crippen LogP contribution in [0.15, 0.2) is 48.5 Å². The van der Waals surface area contributed by atoms with E-state index in [9.17, 15) is 18.0 Å². The Morgan fingerprint density at radius 3 is 1.96 bits per heavy atom. The zero-order valence-corrected chi connectivity index (χ0v) is 15.9. The third kappa shape index (κ3) is 3.46. The van der Waals surface area contributed by atoms with E-state index in [1.165, 1.54) is 0 Å². The standard InChI is InChI=1S/C21H20BrF3O/c22-14-6-5-12-20(19(26)11-13-21(23,24)25)17-9-3-1-7-15(17)16-8-2-4-10-18(16)20/h1-4,7-10H,5-6,11-14H2. The average Bonchev–Trinajstić information content (AvgIpc) is 2.91. The molecule has 2 aromatic rings. The second-order valence-electron chi connectivity index (χ2n) is 6.68. The fourth-order valence-corrected chi connectivity index (χ4v) is 4.38. The first-order valence-electron chi connectivity index (χ1n) is 8.75. The molecular weight excluding hydrogens is 405 g/mol. The average molecular weight is 425 g/mol. The first-order valence-corrected chi connectivity index (χ1v) is 9.88. The van der Waals surface area contributed by atoms with E-state index in [1.54, 1.807) is 0 Å². The van der Waals surface area contributed by atoms with E-state index in [-0.39, 0.29) is 5.78 Å². The summed E-state index contributed by atoms with van der Waals surface area (Å²) in [7, 11) is 0. The molecule has 0 aliphatic heterocycles. The fourth-order valence-electron chi connectivity index (χ4n) is 3.99. The molecule has 0 saturated heterocycles. The van der Waals surface area contributed by atoms with Gasteiger partial charge in [0.1, 0.15) is 5.78 Å². The number of ketones is 1. The predicted octanol–water partition coefficient (Wildman–Crippen LogP) is 6.43. The van der Waals surface area contributed by atoms with Gasteiger partial charge in [-0.2, -0.15) is 13.2 Å². The smallest absolute Gasteiger partial charge is 0.298 e. The summed E-state index contributed by atoms with van der Waals surface area (Å²) >= 11 is 3.40. The van der Waals surface area contributed by atoms with E-state index >= 15 is 0 Å². The summed E-state index contributed by atoms with van der Waals surface area (Å²) in [6.07, 6.45) is -3.71. The van der Waals surface area contributed by atoms with Gasteiger partial charge in [0.05, 0.1) is 11.8 Å². The lowest BCUT2D eigenvalue weighted by Crippen LogP contribution is -2.36. The third-order valence-electron chi connectivity index (χ3n) is 5.11. The third-order valence-corrected chi connectivity index (χ3v) is 5.67. The van der Waals surface area contributed by atoms with Crippen molar-refractivity contribution in [3.05, 3.63) is 59.7 Å². The predicted molar refractivity (Wildman–Crippen MR) is 101 cm³/mol. The van der Waals surface area contributed by atoms with Crippen molar-refractivity contribution in [2.45, 2.75) is 43.7 Å². The van der Waals surface area contributed by atoms with Gasteiger partial charge in [-0.3, -0.25) is 4.79 Å². The highest BCUT2D eigenvalue weighted by molar-refractivity contribution is 9.09. The number of fused-ring (bicyclic) bond motifs is 3. The van der Waals surface area contributed by atoms with E-state index in [1.807, 2.05) is 48.5 Å². The molecule has 0 heterocycles. The highest BCUT2D eigenvalue weighted by Crippen LogP contribution is 2.52. The lowest BCUT2D eigenvalue weighted by Gasteiger charge is -2.31. The molecule has 0 N–H and O–H groups in total. The maximum absolute atomic E-state index is 13.2. The van der Waals surface area contributed by atoms with Gasteiger partial charge >= 0.3 is 6.18 Å². The molecule has 0 atom stereocenters. The summed E-state index contributed by atoms with van der Waals surface area (Å²) in [4.78, 5) is 13.2. The minimum absolute atomic E-state index is 0.332. The Morgan fingerprint density at radius 2 is 1.46 bits per heavy atom. The normalized spacial score (nSPS) is 14.8. The van der Waals surface area contributed by atoms with Gasteiger partial charge in [-0.1, -0.05) is 70.9 Å². The molecular formula is C21H20BrF3O. The van der Waals surface area contributed by atoms with Crippen molar-refractivity contribution in [3.63, 3.8) is 0 Å². The first-order chi connectivity index (χ1) is 12.4. The van der Waals surface area contributed by atoms with Crippen LogP contribution in [0.5, 0.6) is 0 Å². The summed E-state index contributed by atoms with van der Waals surface area (Å²) in [5, 5.41) is 0.809. The van der Waals surface area contributed by atoms with E-state index in [0.717, 1.165) is 40.4 Å². The van der Waals surface area contributed by atoms with Crippen LogP contribution in [-0.2, 0) is 10.2 Å². The monoisotopic (exact) mass is 424 g/mol. The minimum Gasteiger partial charge on any atom is -0.298 e. The number of carbonyl (C=O) groups is 1. The van der Waals surface area contributed by atoms with Crippen LogP contribution in [0.25, 0.3) is 11.1 Å². The van der Waals surface area contributed by atoms with Crippen LogP contribution in [0.3, 0.4) is 0 Å². The molecule has 0 aromatic heterocycles. The van der Waals surface area contributed by atoms with Crippen LogP contribution >= 0.6 is 15.9 Å². The second-order valence-corrected chi connectivity index (χ2v) is 7.47. The first kappa shape index (κ1) is 19.2. The molecule has 0 fully saturated rings. The summed E-state index contributed by atoms with van der Waals surface area (Å²) in [5.41, 5.74) is 2.65. The zero-order chi connectivity index (χ0) is 18.8. The van der Waals surface area contributed by atoms with Crippen molar-refractivity contribution in [3.8, 4) is 11.1 Å². The number of hydrogen-bond donors (Lipinski definition) is 0. The van der Waals surface area contributed by atoms with Crippen molar-refractivity contribution >= 4 is 21.7 Å². The molecule has 138 valence electrons. The number of carbonyl (C=O) groups excluding carboxylic acids is 1. The molecule has 5 heteroatoms. The quantitative estimate of drug-likeness (QED) is 0.369. The van der Waals surface area contributed by atoms with Gasteiger partial charge in [0.25, 0.3) is 0 Å². The van der Waals surface area contributed by atoms with Gasteiger partial charge in [0.2, 0.25) is 0 Å². The van der Waals surface area contributed by atoms with Gasteiger partial charge in [0, 0.05) is 11.8 Å². The molecule has 2 aromatic carbocycles. The van der Waals surface area contributed by atoms with Crippen molar-refractivity contribution in [2.24, 2.45) is 0 Å². The van der Waals surface area contributed by atoms with Gasteiger partial charge in [0.15, 0.2) is 0 Å². The number of benzene rings is 2. The molecule has 1 nitrogen and oxygen atoms in total. The lowest BCUT2D eigenvalue weighted by molar-refractivity contribution is -0.145. The van der Waals surface area contributed by atoms with E-state index < -0.39 is 24.4 Å². The van der Waals surface area contributed by atoms with E-state index in [0.29, 0.717) is 6.42 Å². The van der Waals surface area contributed by atoms with Crippen molar-refractivity contribution < 1.29 is 18.0 Å². The summed E-state index contributed by atoms with van der Waals surface area (Å²) in [6, 6.07) is 15.2. The summed E-state index contributed by atoms with van der Waals surface area (Å²) < 4.78 is 38.3. The largest absolute Gasteiger partial charge is 0.389 e. The molecule has 0 saturated carbocycles. The highest BCUT2D eigenvalue weighted by atomic mass is 79.9. The Morgan fingerprint density at radius 1 is 0.923 bits per heavy atom. The van der Waals surface area contributed by atoms with Crippen molar-refractivity contribution in [1.29, 1.82) is 0 Å². The number of Topliss-reactive ketones (excluding diaryl/α,β-unsaturated/α-hetero) is 1. The molecule has 0 amide bonds. The molecule has 0 radical (unpaired) electrons. The van der Waals surface area contributed by atoms with E-state index in [4.69, 9.17) is 0 Å². The van der Waals surface area contributed by atoms with Crippen LogP contribution in [0.2, 0.25) is 0 Å². The van der Waals surface area contributed by atoms with Crippen LogP contribution in [0.1, 0.15) is 43.2 Å². The fraction of sp³-hybridized carbons (Fsp3) is 0.381. The Kier molecular flexibility index (Phi) is 5.56. The lowest BCUT2D eigenvalue weighted by atomic mass is 9.70. The van der Waals surface area contributed by atoms with E-state index in [2.05, 4.69) is 15.9 Å². The number of rotatable bonds is 7. The molecule has 26 heavy (non-hydrogen) atoms. The zero-order valence-electron chi connectivity index (χ0n) is 14.3. The molecule has 0 spiro atoms. The van der Waals surface area contributed by atoms with Crippen LogP contribution in [0, 0.1) is 0 Å². The number of unbranched alkanes of at least 4 members (excludes halogenated alkanes) is 1. The van der Waals surface area contributed by atoms with Crippen LogP contribution in [0.4, 0.5) is 13.2 Å². The summed E-state index contributed by atoms with van der Waals surface area (Å²) in [5.74, 6) is -0.332. The highest BCUT2D eigenvalue weighted by Gasteiger charge is 2.48. The van der Waals surface area contributed by atoms with Crippen LogP contribution < -0.4 is 0 Å². The van der Waals surface area contributed by atoms with Gasteiger partial charge in [-0.15, -0.1) is 0 Å². The SMILES string of the molecule is O=C(CCC(F)(F)F)C1(CCCCBr)c2ccccc2-c2ccccc21. The number of halogens is 4. The maximum atomic E-state index is 13.2. The van der Waals surface area contributed by atoms with Gasteiger partial charge in [-0.25, -0.2) is 0 Å². The molecule has 1 aliphatic carbocycles. The van der Waals surface area contributed by atoms with Gasteiger partial charge < -0.3 is 0 Å². The van der Waals surface area contributed by atoms with Crippen molar-refractivity contribution in [1.82, 2.24) is 0 Å². The Bertz CT molecular complexity index is 752. The Labute approximate surface area is 159 Å².